The minimum absolute atomic E-state index is 0.0212. The summed E-state index contributed by atoms with van der Waals surface area (Å²) in [5.74, 6) is 1.78. The topological polar surface area (TPSA) is 80.5 Å². The monoisotopic (exact) mass is 364 g/mol. The molecule has 0 unspecified atom stereocenters. The number of likely N-dealkylation sites (tertiary alicyclic amines) is 1. The van der Waals surface area contributed by atoms with E-state index in [0.717, 1.165) is 16.9 Å². The van der Waals surface area contributed by atoms with Crippen molar-refractivity contribution in [2.45, 2.75) is 19.6 Å². The third-order valence-electron chi connectivity index (χ3n) is 4.33. The summed E-state index contributed by atoms with van der Waals surface area (Å²) in [5.41, 5.74) is 1.89. The number of nitrogens with one attached hydrogen (secondary N) is 1. The van der Waals surface area contributed by atoms with E-state index in [4.69, 9.17) is 9.26 Å². The Morgan fingerprint density at radius 1 is 1.22 bits per heavy atom. The summed E-state index contributed by atoms with van der Waals surface area (Å²) in [4.78, 5) is 18.1. The van der Waals surface area contributed by atoms with Gasteiger partial charge in [0.2, 0.25) is 0 Å². The number of aryl methyl sites for hydroxylation is 1. The van der Waals surface area contributed by atoms with Gasteiger partial charge in [-0.1, -0.05) is 41.6 Å². The zero-order valence-corrected chi connectivity index (χ0v) is 15.0. The molecule has 27 heavy (non-hydrogen) atoms. The van der Waals surface area contributed by atoms with Crippen molar-refractivity contribution in [3.63, 3.8) is 0 Å². The number of rotatable bonds is 5. The Labute approximate surface area is 156 Å². The van der Waals surface area contributed by atoms with Gasteiger partial charge in [0, 0.05) is 12.1 Å². The Morgan fingerprint density at radius 2 is 2.04 bits per heavy atom. The molecule has 3 aromatic rings. The van der Waals surface area contributed by atoms with Gasteiger partial charge in [-0.05, 0) is 30.7 Å². The van der Waals surface area contributed by atoms with E-state index in [1.807, 2.05) is 54.6 Å². The van der Waals surface area contributed by atoms with Gasteiger partial charge in [-0.2, -0.15) is 4.98 Å². The zero-order chi connectivity index (χ0) is 18.6. The van der Waals surface area contributed by atoms with Crippen LogP contribution in [0.5, 0.6) is 5.75 Å². The standard InChI is InChI=1S/C20H20N4O3/c1-14-22-19(27-23-14)16-8-5-9-17(10-16)26-18-12-24(13-18)20(25)21-11-15-6-3-2-4-7-15/h2-10,18H,11-13H2,1H3,(H,21,25). The van der Waals surface area contributed by atoms with Crippen LogP contribution >= 0.6 is 0 Å². The molecular formula is C20H20N4O3. The maximum Gasteiger partial charge on any atom is 0.317 e. The van der Waals surface area contributed by atoms with Gasteiger partial charge >= 0.3 is 6.03 Å². The van der Waals surface area contributed by atoms with Crippen molar-refractivity contribution < 1.29 is 14.1 Å². The number of hydrogen-bond acceptors (Lipinski definition) is 5. The van der Waals surface area contributed by atoms with Crippen LogP contribution < -0.4 is 10.1 Å². The van der Waals surface area contributed by atoms with Crippen molar-refractivity contribution in [1.82, 2.24) is 20.4 Å². The van der Waals surface area contributed by atoms with Gasteiger partial charge in [0.25, 0.3) is 5.89 Å². The molecule has 0 radical (unpaired) electrons. The van der Waals surface area contributed by atoms with Crippen molar-refractivity contribution in [3.8, 4) is 17.2 Å². The molecule has 1 aliphatic heterocycles. The summed E-state index contributed by atoms with van der Waals surface area (Å²) in [7, 11) is 0. The molecule has 0 atom stereocenters. The van der Waals surface area contributed by atoms with E-state index in [9.17, 15) is 4.79 Å². The summed E-state index contributed by atoms with van der Waals surface area (Å²) < 4.78 is 11.1. The first-order valence-electron chi connectivity index (χ1n) is 8.81. The smallest absolute Gasteiger partial charge is 0.317 e. The molecule has 1 aromatic heterocycles. The van der Waals surface area contributed by atoms with Gasteiger partial charge in [0.05, 0.1) is 13.1 Å². The predicted octanol–water partition coefficient (Wildman–Crippen LogP) is 3.02. The largest absolute Gasteiger partial charge is 0.487 e. The summed E-state index contributed by atoms with van der Waals surface area (Å²) in [6, 6.07) is 17.3. The number of carbonyl (C=O) groups is 1. The predicted molar refractivity (Wildman–Crippen MR) is 99.1 cm³/mol. The van der Waals surface area contributed by atoms with E-state index in [1.54, 1.807) is 11.8 Å². The van der Waals surface area contributed by atoms with Crippen LogP contribution in [0.15, 0.2) is 59.1 Å². The van der Waals surface area contributed by atoms with Crippen LogP contribution in [0.2, 0.25) is 0 Å². The Kier molecular flexibility index (Phi) is 4.74. The van der Waals surface area contributed by atoms with Crippen LogP contribution in [0.4, 0.5) is 4.79 Å². The number of nitrogens with zero attached hydrogens (tertiary/aromatic N) is 3. The van der Waals surface area contributed by atoms with Gasteiger partial charge in [0.15, 0.2) is 5.82 Å². The molecule has 138 valence electrons. The van der Waals surface area contributed by atoms with Gasteiger partial charge in [0.1, 0.15) is 11.9 Å². The molecule has 0 bridgehead atoms. The summed E-state index contributed by atoms with van der Waals surface area (Å²) in [6.45, 7) is 3.42. The number of amides is 2. The quantitative estimate of drug-likeness (QED) is 0.753. The minimum atomic E-state index is -0.0752. The number of hydrogen-bond donors (Lipinski definition) is 1. The Morgan fingerprint density at radius 3 is 2.78 bits per heavy atom. The van der Waals surface area contributed by atoms with Crippen LogP contribution in [-0.4, -0.2) is 40.3 Å². The average Bonchev–Trinajstić information content (AvgIpc) is 3.10. The summed E-state index contributed by atoms with van der Waals surface area (Å²) in [6.07, 6.45) is -0.0212. The molecule has 7 heteroatoms. The molecule has 2 heterocycles. The molecule has 2 amide bonds. The number of aromatic nitrogens is 2. The fourth-order valence-electron chi connectivity index (χ4n) is 2.87. The van der Waals surface area contributed by atoms with E-state index >= 15 is 0 Å². The highest BCUT2D eigenvalue weighted by Gasteiger charge is 2.32. The lowest BCUT2D eigenvalue weighted by molar-refractivity contribution is 0.0443. The fourth-order valence-corrected chi connectivity index (χ4v) is 2.87. The van der Waals surface area contributed by atoms with Crippen LogP contribution in [-0.2, 0) is 6.54 Å². The molecule has 1 N–H and O–H groups in total. The fraction of sp³-hybridized carbons (Fsp3) is 0.250. The van der Waals surface area contributed by atoms with E-state index < -0.39 is 0 Å². The van der Waals surface area contributed by atoms with Crippen molar-refractivity contribution in [2.75, 3.05) is 13.1 Å². The molecule has 1 aliphatic rings. The van der Waals surface area contributed by atoms with E-state index in [2.05, 4.69) is 15.5 Å². The molecule has 4 rings (SSSR count). The SMILES string of the molecule is Cc1noc(-c2cccc(OC3CN(C(=O)NCc4ccccc4)C3)c2)n1. The molecule has 0 saturated carbocycles. The van der Waals surface area contributed by atoms with E-state index in [-0.39, 0.29) is 12.1 Å². The van der Waals surface area contributed by atoms with Gasteiger partial charge in [-0.3, -0.25) is 0 Å². The van der Waals surface area contributed by atoms with Crippen LogP contribution in [0.25, 0.3) is 11.5 Å². The molecule has 2 aromatic carbocycles. The first-order chi connectivity index (χ1) is 13.2. The maximum absolute atomic E-state index is 12.2. The van der Waals surface area contributed by atoms with Crippen LogP contribution in [0, 0.1) is 6.92 Å². The molecule has 0 spiro atoms. The van der Waals surface area contributed by atoms with E-state index in [1.165, 1.54) is 0 Å². The molecule has 0 aliphatic carbocycles. The Hall–Kier alpha value is -3.35. The highest BCUT2D eigenvalue weighted by molar-refractivity contribution is 5.75. The first-order valence-corrected chi connectivity index (χ1v) is 8.81. The first kappa shape index (κ1) is 17.1. The highest BCUT2D eigenvalue weighted by Crippen LogP contribution is 2.24. The second-order valence-electron chi connectivity index (χ2n) is 6.46. The molecule has 7 nitrogen and oxygen atoms in total. The summed E-state index contributed by atoms with van der Waals surface area (Å²) in [5, 5.41) is 6.72. The van der Waals surface area contributed by atoms with Gasteiger partial charge < -0.3 is 19.5 Å². The Balaban J connectivity index is 1.27. The highest BCUT2D eigenvalue weighted by atomic mass is 16.5. The summed E-state index contributed by atoms with van der Waals surface area (Å²) >= 11 is 0. The molecular weight excluding hydrogens is 344 g/mol. The second-order valence-corrected chi connectivity index (χ2v) is 6.46. The Bertz CT molecular complexity index is 920. The number of ether oxygens (including phenoxy) is 1. The number of carbonyl (C=O) groups excluding carboxylic acids is 1. The van der Waals surface area contributed by atoms with Crippen molar-refractivity contribution >= 4 is 6.03 Å². The van der Waals surface area contributed by atoms with Crippen LogP contribution in [0.1, 0.15) is 11.4 Å². The van der Waals surface area contributed by atoms with Crippen LogP contribution in [0.3, 0.4) is 0 Å². The maximum atomic E-state index is 12.2. The minimum Gasteiger partial charge on any atom is -0.487 e. The lowest BCUT2D eigenvalue weighted by Crippen LogP contribution is -2.58. The zero-order valence-electron chi connectivity index (χ0n) is 15.0. The lowest BCUT2D eigenvalue weighted by atomic mass is 10.1. The van der Waals surface area contributed by atoms with Crippen molar-refractivity contribution in [3.05, 3.63) is 66.0 Å². The normalized spacial score (nSPS) is 13.9. The number of benzene rings is 2. The van der Waals surface area contributed by atoms with Crippen molar-refractivity contribution in [1.29, 1.82) is 0 Å². The third kappa shape index (κ3) is 4.08. The second kappa shape index (κ2) is 7.49. The lowest BCUT2D eigenvalue weighted by Gasteiger charge is -2.38. The van der Waals surface area contributed by atoms with Gasteiger partial charge in [-0.15, -0.1) is 0 Å². The van der Waals surface area contributed by atoms with E-state index in [0.29, 0.717) is 31.3 Å². The number of urea groups is 1. The average molecular weight is 364 g/mol. The third-order valence-corrected chi connectivity index (χ3v) is 4.33. The van der Waals surface area contributed by atoms with Gasteiger partial charge in [-0.25, -0.2) is 4.79 Å². The van der Waals surface area contributed by atoms with Crippen molar-refractivity contribution in [2.24, 2.45) is 0 Å². The molecule has 1 fully saturated rings. The molecule has 1 saturated heterocycles.